The highest BCUT2D eigenvalue weighted by molar-refractivity contribution is 5.89. The van der Waals surface area contributed by atoms with E-state index < -0.39 is 11.4 Å². The Hall–Kier alpha value is -3.98. The van der Waals surface area contributed by atoms with Gasteiger partial charge in [0.15, 0.2) is 0 Å². The first-order chi connectivity index (χ1) is 19.0. The molecule has 204 valence electrons. The summed E-state index contributed by atoms with van der Waals surface area (Å²) in [6.07, 6.45) is 3.91. The van der Waals surface area contributed by atoms with Crippen LogP contribution in [-0.4, -0.2) is 87.9 Å². The molecule has 0 bridgehead atoms. The van der Waals surface area contributed by atoms with Gasteiger partial charge in [0, 0.05) is 51.3 Å². The smallest absolute Gasteiger partial charge is 0.303 e. The third-order valence-corrected chi connectivity index (χ3v) is 8.06. The molecule has 2 N–H and O–H groups in total. The summed E-state index contributed by atoms with van der Waals surface area (Å²) in [5.41, 5.74) is 2.64. The van der Waals surface area contributed by atoms with Crippen LogP contribution in [-0.2, 0) is 15.0 Å². The van der Waals surface area contributed by atoms with Crippen molar-refractivity contribution in [1.29, 1.82) is 0 Å². The number of aliphatic carboxylic acids is 1. The fourth-order valence-electron chi connectivity index (χ4n) is 5.81. The molecule has 0 aliphatic carbocycles. The van der Waals surface area contributed by atoms with E-state index >= 15 is 0 Å². The van der Waals surface area contributed by atoms with Crippen LogP contribution in [0.25, 0.3) is 11.3 Å². The fourth-order valence-corrected chi connectivity index (χ4v) is 5.81. The normalized spacial score (nSPS) is 17.6. The molecule has 3 aromatic rings. The van der Waals surface area contributed by atoms with Crippen molar-refractivity contribution in [3.63, 3.8) is 0 Å². The maximum absolute atomic E-state index is 14.2. The molecule has 9 nitrogen and oxygen atoms in total. The van der Waals surface area contributed by atoms with Crippen LogP contribution in [0, 0.1) is 0 Å². The van der Waals surface area contributed by atoms with Gasteiger partial charge in [-0.05, 0) is 49.6 Å². The molecule has 0 saturated carbocycles. The van der Waals surface area contributed by atoms with Gasteiger partial charge in [0.2, 0.25) is 5.91 Å². The number of phenolic OH excluding ortho intramolecular Hbond substituents is 1. The summed E-state index contributed by atoms with van der Waals surface area (Å²) < 4.78 is 0. The third-order valence-electron chi connectivity index (χ3n) is 8.06. The summed E-state index contributed by atoms with van der Waals surface area (Å²) in [4.78, 5) is 31.5. The van der Waals surface area contributed by atoms with Gasteiger partial charge in [-0.15, -0.1) is 0 Å². The van der Waals surface area contributed by atoms with E-state index in [0.717, 1.165) is 30.9 Å². The number of piperidine rings is 1. The predicted octanol–water partition coefficient (Wildman–Crippen LogP) is 3.40. The zero-order chi connectivity index (χ0) is 27.2. The van der Waals surface area contributed by atoms with Crippen LogP contribution < -0.4 is 4.90 Å². The van der Waals surface area contributed by atoms with Gasteiger partial charge in [0.25, 0.3) is 0 Å². The quantitative estimate of drug-likeness (QED) is 0.457. The number of hydrogen-bond donors (Lipinski definition) is 2. The minimum absolute atomic E-state index is 0.165. The Morgan fingerprint density at radius 3 is 2.28 bits per heavy atom. The average molecular weight is 530 g/mol. The molecule has 2 fully saturated rings. The van der Waals surface area contributed by atoms with Gasteiger partial charge in [-0.1, -0.05) is 42.5 Å². The number of carbonyl (C=O) groups is 2. The van der Waals surface area contributed by atoms with E-state index in [-0.39, 0.29) is 18.1 Å². The molecule has 39 heavy (non-hydrogen) atoms. The summed E-state index contributed by atoms with van der Waals surface area (Å²) in [5.74, 6) is -0.420. The molecular weight excluding hydrogens is 494 g/mol. The van der Waals surface area contributed by atoms with E-state index in [1.165, 1.54) is 0 Å². The lowest BCUT2D eigenvalue weighted by Crippen LogP contribution is -2.57. The van der Waals surface area contributed by atoms with Crippen LogP contribution in [0.5, 0.6) is 5.75 Å². The topological polar surface area (TPSA) is 110 Å². The molecule has 2 aliphatic heterocycles. The second kappa shape index (κ2) is 11.8. The molecule has 0 unspecified atom stereocenters. The second-order valence-corrected chi connectivity index (χ2v) is 10.4. The molecule has 0 radical (unpaired) electrons. The molecule has 1 aromatic heterocycles. The number of carboxylic acid groups (broad SMARTS) is 1. The minimum atomic E-state index is -0.767. The van der Waals surface area contributed by atoms with Gasteiger partial charge in [-0.25, -0.2) is 0 Å². The Bertz CT molecular complexity index is 1290. The summed E-state index contributed by atoms with van der Waals surface area (Å²) in [6, 6.07) is 19.2. The van der Waals surface area contributed by atoms with Gasteiger partial charge in [-0.2, -0.15) is 10.2 Å². The summed E-state index contributed by atoms with van der Waals surface area (Å²) in [6.45, 7) is 4.98. The number of anilines is 1. The van der Waals surface area contributed by atoms with E-state index in [2.05, 4.69) is 32.1 Å². The summed E-state index contributed by atoms with van der Waals surface area (Å²) >= 11 is 0. The van der Waals surface area contributed by atoms with Crippen molar-refractivity contribution < 1.29 is 19.8 Å². The van der Waals surface area contributed by atoms with Crippen LogP contribution in [0.15, 0.2) is 66.9 Å². The monoisotopic (exact) mass is 529 g/mol. The lowest BCUT2D eigenvalue weighted by molar-refractivity contribution is -0.140. The lowest BCUT2D eigenvalue weighted by atomic mass is 9.71. The Balaban J connectivity index is 1.30. The van der Waals surface area contributed by atoms with Crippen LogP contribution in [0.1, 0.15) is 31.2 Å². The number of rotatable bonds is 8. The van der Waals surface area contributed by atoms with Gasteiger partial charge in [-0.3, -0.25) is 14.5 Å². The number of aromatic hydroxyl groups is 1. The number of para-hydroxylation sites is 1. The van der Waals surface area contributed by atoms with E-state index in [1.807, 2.05) is 41.3 Å². The number of amides is 1. The van der Waals surface area contributed by atoms with Gasteiger partial charge < -0.3 is 20.0 Å². The van der Waals surface area contributed by atoms with Gasteiger partial charge in [0.1, 0.15) is 5.75 Å². The van der Waals surface area contributed by atoms with Crippen molar-refractivity contribution >= 4 is 17.6 Å². The number of piperazine rings is 1. The molecule has 2 aliphatic rings. The highest BCUT2D eigenvalue weighted by Gasteiger charge is 2.45. The Labute approximate surface area is 228 Å². The number of phenols is 1. The molecule has 9 heteroatoms. The van der Waals surface area contributed by atoms with Gasteiger partial charge >= 0.3 is 5.97 Å². The van der Waals surface area contributed by atoms with Crippen molar-refractivity contribution in [1.82, 2.24) is 20.0 Å². The van der Waals surface area contributed by atoms with E-state index in [0.29, 0.717) is 56.7 Å². The molecular formula is C30H35N5O4. The fraction of sp³-hybridized carbons (Fsp3) is 0.400. The van der Waals surface area contributed by atoms with Crippen molar-refractivity contribution in [2.45, 2.75) is 31.1 Å². The molecule has 2 saturated heterocycles. The van der Waals surface area contributed by atoms with E-state index in [1.54, 1.807) is 18.3 Å². The molecule has 5 rings (SSSR count). The maximum atomic E-state index is 14.2. The van der Waals surface area contributed by atoms with Crippen LogP contribution in [0.4, 0.5) is 5.69 Å². The Kier molecular flexibility index (Phi) is 8.07. The van der Waals surface area contributed by atoms with E-state index in [4.69, 9.17) is 5.11 Å². The van der Waals surface area contributed by atoms with Crippen molar-refractivity contribution in [2.75, 3.05) is 50.7 Å². The lowest BCUT2D eigenvalue weighted by Gasteiger charge is -2.46. The first-order valence-electron chi connectivity index (χ1n) is 13.6. The van der Waals surface area contributed by atoms with Crippen molar-refractivity contribution in [3.8, 4) is 17.0 Å². The number of hydrogen-bond acceptors (Lipinski definition) is 7. The predicted molar refractivity (Wildman–Crippen MR) is 149 cm³/mol. The minimum Gasteiger partial charge on any atom is -0.507 e. The van der Waals surface area contributed by atoms with E-state index in [9.17, 15) is 14.7 Å². The number of benzene rings is 2. The highest BCUT2D eigenvalue weighted by Crippen LogP contribution is 2.39. The van der Waals surface area contributed by atoms with Crippen LogP contribution in [0.3, 0.4) is 0 Å². The maximum Gasteiger partial charge on any atom is 0.303 e. The molecule has 0 spiro atoms. The summed E-state index contributed by atoms with van der Waals surface area (Å²) in [7, 11) is 0. The first-order valence-corrected chi connectivity index (χ1v) is 13.6. The molecule has 3 heterocycles. The SMILES string of the molecule is O=C(O)CCCN1CCN(C(=O)C2(c3ccccc3)CCN(c3cnnc(-c4ccccc4O)c3)CC2)CC1. The largest absolute Gasteiger partial charge is 0.507 e. The second-order valence-electron chi connectivity index (χ2n) is 10.4. The third kappa shape index (κ3) is 5.88. The number of carboxylic acids is 1. The summed E-state index contributed by atoms with van der Waals surface area (Å²) in [5, 5.41) is 27.6. The number of carbonyl (C=O) groups excluding carboxylic acids is 1. The van der Waals surface area contributed by atoms with Crippen LogP contribution >= 0.6 is 0 Å². The van der Waals surface area contributed by atoms with Crippen molar-refractivity contribution in [2.24, 2.45) is 0 Å². The highest BCUT2D eigenvalue weighted by atomic mass is 16.4. The number of aromatic nitrogens is 2. The number of nitrogens with zero attached hydrogens (tertiary/aromatic N) is 5. The van der Waals surface area contributed by atoms with Crippen LogP contribution in [0.2, 0.25) is 0 Å². The zero-order valence-electron chi connectivity index (χ0n) is 22.1. The zero-order valence-corrected chi connectivity index (χ0v) is 22.1. The molecule has 0 atom stereocenters. The first kappa shape index (κ1) is 26.6. The van der Waals surface area contributed by atoms with Gasteiger partial charge in [0.05, 0.1) is 23.0 Å². The molecule has 1 amide bonds. The average Bonchev–Trinajstić information content (AvgIpc) is 2.98. The standard InChI is InChI=1S/C30H35N5O4/c36-27-10-5-4-9-25(27)26-21-24(22-31-32-26)34-15-12-30(13-16-34,23-7-2-1-3-8-23)29(39)35-19-17-33(18-20-35)14-6-11-28(37)38/h1-5,7-10,21-22,36H,6,11-20H2,(H,37,38). The van der Waals surface area contributed by atoms with Crippen molar-refractivity contribution in [3.05, 3.63) is 72.4 Å². The Morgan fingerprint density at radius 2 is 1.59 bits per heavy atom. The Morgan fingerprint density at radius 1 is 0.897 bits per heavy atom. The molecule has 2 aromatic carbocycles.